The second kappa shape index (κ2) is 5.80. The molecule has 0 bridgehead atoms. The molecule has 7 nitrogen and oxygen atoms in total. The zero-order valence-corrected chi connectivity index (χ0v) is 12.4. The number of amides is 1. The lowest BCUT2D eigenvalue weighted by atomic mass is 9.98. The Morgan fingerprint density at radius 1 is 1.41 bits per heavy atom. The molecular weight excluding hydrogens is 304 g/mol. The number of hydrogen-bond acceptors (Lipinski definition) is 5. The highest BCUT2D eigenvalue weighted by atomic mass is 32.2. The van der Waals surface area contributed by atoms with Crippen LogP contribution in [0.5, 0.6) is 0 Å². The largest absolute Gasteiger partial charge is 0.479 e. The van der Waals surface area contributed by atoms with Crippen molar-refractivity contribution < 1.29 is 14.7 Å². The van der Waals surface area contributed by atoms with Gasteiger partial charge in [-0.1, -0.05) is 11.3 Å². The van der Waals surface area contributed by atoms with E-state index < -0.39 is 17.4 Å². The Morgan fingerprint density at radius 3 is 2.91 bits per heavy atom. The average Bonchev–Trinajstić information content (AvgIpc) is 3.19. The van der Waals surface area contributed by atoms with Crippen LogP contribution < -0.4 is 5.32 Å². The molecule has 0 aliphatic carbocycles. The van der Waals surface area contributed by atoms with Crippen molar-refractivity contribution in [2.45, 2.75) is 12.0 Å². The molecule has 1 aromatic carbocycles. The van der Waals surface area contributed by atoms with Gasteiger partial charge in [-0.3, -0.25) is 4.79 Å². The first-order chi connectivity index (χ1) is 10.6. The third-order valence-corrected chi connectivity index (χ3v) is 4.77. The van der Waals surface area contributed by atoms with Crippen LogP contribution >= 0.6 is 11.8 Å². The van der Waals surface area contributed by atoms with E-state index in [0.29, 0.717) is 23.4 Å². The Morgan fingerprint density at radius 2 is 2.27 bits per heavy atom. The van der Waals surface area contributed by atoms with Crippen LogP contribution in [0.1, 0.15) is 16.8 Å². The van der Waals surface area contributed by atoms with Crippen LogP contribution in [0.2, 0.25) is 0 Å². The van der Waals surface area contributed by atoms with E-state index in [1.54, 1.807) is 36.7 Å². The molecular formula is C14H14N4O3S. The van der Waals surface area contributed by atoms with Crippen LogP contribution in [0.15, 0.2) is 36.7 Å². The molecule has 1 aliphatic rings. The number of carbonyl (C=O) groups excluding carboxylic acids is 1. The minimum atomic E-state index is -1.18. The van der Waals surface area contributed by atoms with Gasteiger partial charge in [0, 0.05) is 11.3 Å². The lowest BCUT2D eigenvalue weighted by Crippen LogP contribution is -2.54. The van der Waals surface area contributed by atoms with Gasteiger partial charge < -0.3 is 10.4 Å². The van der Waals surface area contributed by atoms with Gasteiger partial charge in [0.2, 0.25) is 0 Å². The van der Waals surface area contributed by atoms with Crippen molar-refractivity contribution in [2.75, 3.05) is 11.5 Å². The van der Waals surface area contributed by atoms with Crippen LogP contribution in [-0.2, 0) is 4.79 Å². The molecule has 1 atom stereocenters. The molecule has 3 rings (SSSR count). The van der Waals surface area contributed by atoms with Gasteiger partial charge in [0.05, 0.1) is 18.1 Å². The number of nitrogens with one attached hydrogen (secondary N) is 1. The molecule has 0 saturated carbocycles. The van der Waals surface area contributed by atoms with Crippen molar-refractivity contribution in [1.29, 1.82) is 0 Å². The summed E-state index contributed by atoms with van der Waals surface area (Å²) in [6, 6.07) is 6.82. The Hall–Kier alpha value is -2.35. The van der Waals surface area contributed by atoms with Crippen molar-refractivity contribution >= 4 is 23.6 Å². The summed E-state index contributed by atoms with van der Waals surface area (Å²) in [5.74, 6) is -0.271. The summed E-state index contributed by atoms with van der Waals surface area (Å²) < 4.78 is 1.54. The van der Waals surface area contributed by atoms with Crippen molar-refractivity contribution in [2.24, 2.45) is 0 Å². The Bertz CT molecular complexity index is 696. The maximum Gasteiger partial charge on any atom is 0.330 e. The molecule has 0 radical (unpaired) electrons. The van der Waals surface area contributed by atoms with E-state index >= 15 is 0 Å². The van der Waals surface area contributed by atoms with E-state index in [2.05, 4.69) is 15.6 Å². The normalized spacial score (nSPS) is 20.7. The molecule has 8 heteroatoms. The maximum absolute atomic E-state index is 12.4. The minimum absolute atomic E-state index is 0.386. The lowest BCUT2D eigenvalue weighted by molar-refractivity contribution is -0.143. The van der Waals surface area contributed by atoms with Crippen molar-refractivity contribution in [3.8, 4) is 5.69 Å². The number of benzene rings is 1. The lowest BCUT2D eigenvalue weighted by Gasteiger charge is -2.24. The van der Waals surface area contributed by atoms with Crippen LogP contribution in [0.3, 0.4) is 0 Å². The third kappa shape index (κ3) is 2.69. The molecule has 1 aliphatic heterocycles. The summed E-state index contributed by atoms with van der Waals surface area (Å²) in [5, 5.41) is 19.7. The first-order valence-electron chi connectivity index (χ1n) is 6.71. The molecule has 1 aromatic heterocycles. The Kier molecular flexibility index (Phi) is 3.84. The zero-order valence-electron chi connectivity index (χ0n) is 11.6. The number of nitrogens with zero attached hydrogens (tertiary/aromatic N) is 3. The Labute approximate surface area is 130 Å². The van der Waals surface area contributed by atoms with Crippen LogP contribution in [-0.4, -0.2) is 49.0 Å². The van der Waals surface area contributed by atoms with Gasteiger partial charge in [-0.15, -0.1) is 5.10 Å². The van der Waals surface area contributed by atoms with E-state index in [4.69, 9.17) is 0 Å². The molecule has 2 aromatic rings. The van der Waals surface area contributed by atoms with Gasteiger partial charge >= 0.3 is 5.97 Å². The van der Waals surface area contributed by atoms with Crippen LogP contribution in [0.25, 0.3) is 5.69 Å². The number of thioether (sulfide) groups is 1. The number of carbonyl (C=O) groups is 2. The summed E-state index contributed by atoms with van der Waals surface area (Å²) in [6.45, 7) is 0. The standard InChI is InChI=1S/C14H14N4O3S/c19-12(16-14(13(20)21)4-7-22-9-14)10-2-1-3-11(8-10)18-6-5-15-17-18/h1-3,5-6,8H,4,7,9H2,(H,16,19)(H,20,21). The maximum atomic E-state index is 12.4. The summed E-state index contributed by atoms with van der Waals surface area (Å²) in [4.78, 5) is 23.9. The van der Waals surface area contributed by atoms with Crippen molar-refractivity contribution in [1.82, 2.24) is 20.3 Å². The highest BCUT2D eigenvalue weighted by Gasteiger charge is 2.43. The van der Waals surface area contributed by atoms with Gasteiger partial charge in [0.15, 0.2) is 0 Å². The van der Waals surface area contributed by atoms with Gasteiger partial charge in [-0.2, -0.15) is 11.8 Å². The molecule has 1 fully saturated rings. The summed E-state index contributed by atoms with van der Waals surface area (Å²) >= 11 is 1.53. The fourth-order valence-corrected chi connectivity index (χ4v) is 3.64. The first-order valence-corrected chi connectivity index (χ1v) is 7.87. The number of aliphatic carboxylic acids is 1. The quantitative estimate of drug-likeness (QED) is 0.871. The van der Waals surface area contributed by atoms with E-state index in [9.17, 15) is 14.7 Å². The van der Waals surface area contributed by atoms with Gasteiger partial charge in [-0.05, 0) is 30.4 Å². The van der Waals surface area contributed by atoms with Crippen LogP contribution in [0, 0.1) is 0 Å². The number of hydrogen-bond donors (Lipinski definition) is 2. The SMILES string of the molecule is O=C(NC1(C(=O)O)CCSC1)c1cccc(-n2ccnn2)c1. The van der Waals surface area contributed by atoms with E-state index in [-0.39, 0.29) is 0 Å². The molecule has 1 unspecified atom stereocenters. The minimum Gasteiger partial charge on any atom is -0.479 e. The van der Waals surface area contributed by atoms with Gasteiger partial charge in [0.1, 0.15) is 5.54 Å². The number of carboxylic acid groups (broad SMARTS) is 1. The second-order valence-electron chi connectivity index (χ2n) is 5.04. The topological polar surface area (TPSA) is 97.1 Å². The molecule has 2 N–H and O–H groups in total. The molecule has 1 saturated heterocycles. The number of carboxylic acids is 1. The van der Waals surface area contributed by atoms with E-state index in [1.807, 2.05) is 0 Å². The molecule has 22 heavy (non-hydrogen) atoms. The number of aromatic nitrogens is 3. The monoisotopic (exact) mass is 318 g/mol. The second-order valence-corrected chi connectivity index (χ2v) is 6.15. The molecule has 2 heterocycles. The van der Waals surface area contributed by atoms with Gasteiger partial charge in [-0.25, -0.2) is 9.48 Å². The number of rotatable bonds is 4. The van der Waals surface area contributed by atoms with Crippen LogP contribution in [0.4, 0.5) is 0 Å². The van der Waals surface area contributed by atoms with E-state index in [0.717, 1.165) is 5.75 Å². The molecule has 1 amide bonds. The third-order valence-electron chi connectivity index (χ3n) is 3.58. The fourth-order valence-electron chi connectivity index (χ4n) is 2.31. The predicted octanol–water partition coefficient (Wildman–Crippen LogP) is 0.957. The summed E-state index contributed by atoms with van der Waals surface area (Å²) in [6.07, 6.45) is 3.65. The fraction of sp³-hybridized carbons (Fsp3) is 0.286. The van der Waals surface area contributed by atoms with Gasteiger partial charge in [0.25, 0.3) is 5.91 Å². The average molecular weight is 318 g/mol. The van der Waals surface area contributed by atoms with Crippen molar-refractivity contribution in [3.63, 3.8) is 0 Å². The van der Waals surface area contributed by atoms with E-state index in [1.165, 1.54) is 16.4 Å². The summed E-state index contributed by atoms with van der Waals surface area (Å²) in [7, 11) is 0. The molecule has 114 valence electrons. The Balaban J connectivity index is 1.83. The smallest absolute Gasteiger partial charge is 0.330 e. The summed E-state index contributed by atoms with van der Waals surface area (Å²) in [5.41, 5.74) is -0.0915. The highest BCUT2D eigenvalue weighted by Crippen LogP contribution is 2.28. The highest BCUT2D eigenvalue weighted by molar-refractivity contribution is 7.99. The first kappa shape index (κ1) is 14.6. The molecule has 0 spiro atoms. The predicted molar refractivity (Wildman–Crippen MR) is 81.1 cm³/mol. The zero-order chi connectivity index (χ0) is 15.6. The van der Waals surface area contributed by atoms with Crippen molar-refractivity contribution in [3.05, 3.63) is 42.2 Å².